The monoisotopic (exact) mass is 476 g/mol. The molecule has 9 nitrogen and oxygen atoms in total. The van der Waals surface area contributed by atoms with Gasteiger partial charge in [0.15, 0.2) is 0 Å². The number of carbonyl (C=O) groups excluding carboxylic acids is 1. The molecule has 0 saturated carbocycles. The number of fused-ring (bicyclic) bond motifs is 1. The largest absolute Gasteiger partial charge is 0.271 e. The topological polar surface area (TPSA) is 124 Å². The second kappa shape index (κ2) is 8.91. The van der Waals surface area contributed by atoms with Gasteiger partial charge in [-0.05, 0) is 49.7 Å². The summed E-state index contributed by atoms with van der Waals surface area (Å²) in [5.74, 6) is -0.550. The van der Waals surface area contributed by atoms with Gasteiger partial charge in [-0.25, -0.2) is 17.8 Å². The molecule has 0 saturated heterocycles. The molecule has 34 heavy (non-hydrogen) atoms. The van der Waals surface area contributed by atoms with Crippen molar-refractivity contribution < 1.29 is 18.1 Å². The first-order valence-electron chi connectivity index (χ1n) is 10.2. The minimum Gasteiger partial charge on any atom is -0.267 e. The molecule has 0 atom stereocenters. The maximum absolute atomic E-state index is 13.3. The average Bonchev–Trinajstić information content (AvgIpc) is 3.22. The number of hydrogen-bond acceptors (Lipinski definition) is 6. The highest BCUT2D eigenvalue weighted by Gasteiger charge is 2.22. The van der Waals surface area contributed by atoms with Gasteiger partial charge in [0.05, 0.1) is 21.0 Å². The van der Waals surface area contributed by atoms with Gasteiger partial charge in [0, 0.05) is 34.8 Å². The van der Waals surface area contributed by atoms with Crippen molar-refractivity contribution in [1.82, 2.24) is 9.40 Å². The van der Waals surface area contributed by atoms with E-state index in [1.807, 2.05) is 19.1 Å². The number of nitrogens with one attached hydrogen (secondary N) is 1. The van der Waals surface area contributed by atoms with Crippen LogP contribution in [0.1, 0.15) is 28.4 Å². The van der Waals surface area contributed by atoms with Crippen LogP contribution in [0.15, 0.2) is 89.0 Å². The van der Waals surface area contributed by atoms with E-state index in [2.05, 4.69) is 10.5 Å². The fourth-order valence-electron chi connectivity index (χ4n) is 3.50. The molecule has 0 bridgehead atoms. The van der Waals surface area contributed by atoms with Gasteiger partial charge in [-0.2, -0.15) is 5.10 Å². The number of amides is 1. The quantitative estimate of drug-likeness (QED) is 0.253. The molecular formula is C24H20N4O5S. The van der Waals surface area contributed by atoms with E-state index in [1.165, 1.54) is 46.6 Å². The van der Waals surface area contributed by atoms with E-state index in [4.69, 9.17) is 0 Å². The van der Waals surface area contributed by atoms with Crippen LogP contribution in [0, 0.1) is 17.0 Å². The van der Waals surface area contributed by atoms with Crippen molar-refractivity contribution >= 4 is 38.2 Å². The molecular weight excluding hydrogens is 456 g/mol. The summed E-state index contributed by atoms with van der Waals surface area (Å²) in [5, 5.41) is 15.6. The Balaban J connectivity index is 1.71. The Morgan fingerprint density at radius 1 is 1.03 bits per heavy atom. The summed E-state index contributed by atoms with van der Waals surface area (Å²) < 4.78 is 27.9. The highest BCUT2D eigenvalue weighted by atomic mass is 32.2. The van der Waals surface area contributed by atoms with E-state index in [0.29, 0.717) is 22.2 Å². The zero-order valence-corrected chi connectivity index (χ0v) is 19.1. The number of non-ortho nitro benzene ring substituents is 1. The molecule has 172 valence electrons. The van der Waals surface area contributed by atoms with E-state index in [0.717, 1.165) is 5.56 Å². The number of aryl methyl sites for hydroxylation is 1. The van der Waals surface area contributed by atoms with E-state index in [-0.39, 0.29) is 16.1 Å². The van der Waals surface area contributed by atoms with Crippen LogP contribution in [0.25, 0.3) is 10.9 Å². The minimum absolute atomic E-state index is 0.126. The molecule has 1 heterocycles. The Morgan fingerprint density at radius 3 is 2.35 bits per heavy atom. The zero-order valence-electron chi connectivity index (χ0n) is 18.3. The predicted molar refractivity (Wildman–Crippen MR) is 128 cm³/mol. The van der Waals surface area contributed by atoms with Crippen molar-refractivity contribution in [2.45, 2.75) is 18.7 Å². The summed E-state index contributed by atoms with van der Waals surface area (Å²) in [4.78, 5) is 22.8. The fraction of sp³-hybridized carbons (Fsp3) is 0.0833. The number of nitro benzene ring substituents is 1. The van der Waals surface area contributed by atoms with E-state index in [1.54, 1.807) is 31.2 Å². The molecule has 0 aliphatic heterocycles. The second-order valence-electron chi connectivity index (χ2n) is 7.62. The van der Waals surface area contributed by atoms with Crippen molar-refractivity contribution in [2.75, 3.05) is 0 Å². The summed E-state index contributed by atoms with van der Waals surface area (Å²) >= 11 is 0. The van der Waals surface area contributed by atoms with E-state index >= 15 is 0 Å². The van der Waals surface area contributed by atoms with Crippen molar-refractivity contribution in [3.05, 3.63) is 106 Å². The third kappa shape index (κ3) is 4.30. The van der Waals surface area contributed by atoms with Crippen LogP contribution in [0.2, 0.25) is 0 Å². The minimum atomic E-state index is -3.86. The van der Waals surface area contributed by atoms with Gasteiger partial charge < -0.3 is 0 Å². The lowest BCUT2D eigenvalue weighted by atomic mass is 10.1. The van der Waals surface area contributed by atoms with Crippen molar-refractivity contribution in [3.63, 3.8) is 0 Å². The number of carbonyl (C=O) groups is 1. The van der Waals surface area contributed by atoms with Gasteiger partial charge in [-0.15, -0.1) is 0 Å². The maximum Gasteiger partial charge on any atom is 0.271 e. The van der Waals surface area contributed by atoms with Crippen LogP contribution >= 0.6 is 0 Å². The summed E-state index contributed by atoms with van der Waals surface area (Å²) in [5.41, 5.74) is 4.82. The summed E-state index contributed by atoms with van der Waals surface area (Å²) in [6, 6.07) is 18.7. The number of benzene rings is 3. The molecule has 4 aromatic rings. The molecule has 0 aliphatic carbocycles. The van der Waals surface area contributed by atoms with E-state index < -0.39 is 20.9 Å². The highest BCUT2D eigenvalue weighted by molar-refractivity contribution is 7.90. The molecule has 3 aromatic carbocycles. The lowest BCUT2D eigenvalue weighted by Crippen LogP contribution is -2.19. The molecule has 1 amide bonds. The lowest BCUT2D eigenvalue weighted by molar-refractivity contribution is -0.384. The van der Waals surface area contributed by atoms with Crippen LogP contribution in [0.3, 0.4) is 0 Å². The van der Waals surface area contributed by atoms with Crippen molar-refractivity contribution in [2.24, 2.45) is 5.10 Å². The number of nitrogens with zero attached hydrogens (tertiary/aromatic N) is 3. The first-order chi connectivity index (χ1) is 16.2. The molecule has 4 rings (SSSR count). The first kappa shape index (κ1) is 22.9. The number of aromatic nitrogens is 1. The van der Waals surface area contributed by atoms with Crippen LogP contribution < -0.4 is 5.43 Å². The predicted octanol–water partition coefficient (Wildman–Crippen LogP) is 4.25. The van der Waals surface area contributed by atoms with Gasteiger partial charge in [-0.3, -0.25) is 14.9 Å². The molecule has 0 fully saturated rings. The van der Waals surface area contributed by atoms with E-state index in [9.17, 15) is 23.3 Å². The number of nitro groups is 1. The second-order valence-corrected chi connectivity index (χ2v) is 9.43. The first-order valence-corrected chi connectivity index (χ1v) is 11.6. The van der Waals surface area contributed by atoms with Crippen molar-refractivity contribution in [1.29, 1.82) is 0 Å². The molecule has 10 heteroatoms. The number of rotatable bonds is 6. The molecule has 0 radical (unpaired) electrons. The molecule has 0 spiro atoms. The van der Waals surface area contributed by atoms with Gasteiger partial charge in [0.2, 0.25) is 0 Å². The number of hydrazone groups is 1. The van der Waals surface area contributed by atoms with Crippen LogP contribution in [-0.4, -0.2) is 28.9 Å². The Labute approximate surface area is 195 Å². The van der Waals surface area contributed by atoms with Crippen LogP contribution in [0.4, 0.5) is 5.69 Å². The maximum atomic E-state index is 13.3. The Bertz CT molecular complexity index is 1540. The smallest absolute Gasteiger partial charge is 0.267 e. The van der Waals surface area contributed by atoms with Gasteiger partial charge in [0.25, 0.3) is 21.6 Å². The average molecular weight is 477 g/mol. The summed E-state index contributed by atoms with van der Waals surface area (Å²) in [6.45, 7) is 3.53. The fourth-order valence-corrected chi connectivity index (χ4v) is 4.88. The molecule has 1 N–H and O–H groups in total. The highest BCUT2D eigenvalue weighted by Crippen LogP contribution is 2.27. The molecule has 0 unspecified atom stereocenters. The van der Waals surface area contributed by atoms with Gasteiger partial charge in [0.1, 0.15) is 0 Å². The van der Waals surface area contributed by atoms with Gasteiger partial charge in [-0.1, -0.05) is 30.3 Å². The van der Waals surface area contributed by atoms with Gasteiger partial charge >= 0.3 is 0 Å². The third-order valence-electron chi connectivity index (χ3n) is 5.28. The lowest BCUT2D eigenvalue weighted by Gasteiger charge is -2.07. The van der Waals surface area contributed by atoms with Crippen molar-refractivity contribution in [3.8, 4) is 0 Å². The Hall–Kier alpha value is -4.31. The Kier molecular flexibility index (Phi) is 5.99. The summed E-state index contributed by atoms with van der Waals surface area (Å²) in [6.07, 6.45) is 1.49. The summed E-state index contributed by atoms with van der Waals surface area (Å²) in [7, 11) is -3.86. The molecule has 0 aliphatic rings. The normalized spacial score (nSPS) is 12.0. The molecule has 1 aromatic heterocycles. The van der Waals surface area contributed by atoms with Crippen LogP contribution in [0.5, 0.6) is 0 Å². The third-order valence-corrected chi connectivity index (χ3v) is 6.97. The standard InChI is InChI=1S/C24H20N4O5S/c1-16-8-13-21-22(15-27(23(21)14-16)34(32,33)20-6-4-3-5-7-20)17(2)25-26-24(29)18-9-11-19(12-10-18)28(30)31/h3-15H,1-2H3,(H,26,29)/b25-17+. The zero-order chi connectivity index (χ0) is 24.5. The van der Waals surface area contributed by atoms with Crippen LogP contribution in [-0.2, 0) is 10.0 Å². The SMILES string of the molecule is C/C(=N\NC(=O)c1ccc([N+](=O)[O-])cc1)c1cn(S(=O)(=O)c2ccccc2)c2cc(C)ccc12. The Morgan fingerprint density at radius 2 is 1.71 bits per heavy atom. The number of hydrogen-bond donors (Lipinski definition) is 1.